The van der Waals surface area contributed by atoms with Gasteiger partial charge in [-0.3, -0.25) is 0 Å². The Labute approximate surface area is 158 Å². The fraction of sp³-hybridized carbons (Fsp3) is 0.625. The van der Waals surface area contributed by atoms with Crippen LogP contribution >= 0.6 is 0 Å². The van der Waals surface area contributed by atoms with Crippen LogP contribution in [-0.2, 0) is 20.0 Å². The van der Waals surface area contributed by atoms with Gasteiger partial charge in [-0.2, -0.15) is 21.8 Å². The predicted octanol–water partition coefficient (Wildman–Crippen LogP) is 2.68. The van der Waals surface area contributed by atoms with Crippen LogP contribution in [0.1, 0.15) is 26.7 Å². The summed E-state index contributed by atoms with van der Waals surface area (Å²) in [6, 6.07) is 4.34. The van der Waals surface area contributed by atoms with Gasteiger partial charge in [-0.05, 0) is 43.0 Å². The van der Waals surface area contributed by atoms with Crippen LogP contribution in [0.15, 0.2) is 34.1 Å². The summed E-state index contributed by atoms with van der Waals surface area (Å²) in [5.41, 5.74) is 0. The normalized spacial score (nSPS) is 17.1. The van der Waals surface area contributed by atoms with Crippen LogP contribution in [0, 0.1) is 5.92 Å². The minimum Gasteiger partial charge on any atom is -0.207 e. The number of rotatable bonds is 7. The first-order valence-corrected chi connectivity index (χ1v) is 11.4. The number of halogens is 3. The monoisotopic (exact) mass is 428 g/mol. The molecule has 1 fully saturated rings. The highest BCUT2D eigenvalue weighted by Gasteiger charge is 2.37. The number of nitrogens with zero attached hydrogens (tertiary/aromatic N) is 2. The highest BCUT2D eigenvalue weighted by Crippen LogP contribution is 2.26. The highest BCUT2D eigenvalue weighted by atomic mass is 32.2. The van der Waals surface area contributed by atoms with E-state index in [0.717, 1.165) is 37.1 Å². The van der Waals surface area contributed by atoms with E-state index in [4.69, 9.17) is 0 Å². The third-order valence-electron chi connectivity index (χ3n) is 4.09. The van der Waals surface area contributed by atoms with Gasteiger partial charge in [0.05, 0.1) is 9.79 Å². The van der Waals surface area contributed by atoms with Gasteiger partial charge in [-0.1, -0.05) is 13.8 Å². The topological polar surface area (TPSA) is 74.8 Å². The van der Waals surface area contributed by atoms with Gasteiger partial charge in [0.15, 0.2) is 0 Å². The summed E-state index contributed by atoms with van der Waals surface area (Å²) in [5.74, 6) is -0.308. The summed E-state index contributed by atoms with van der Waals surface area (Å²) in [5, 5.41) is 0. The van der Waals surface area contributed by atoms with E-state index in [9.17, 15) is 30.0 Å². The Kier molecular flexibility index (Phi) is 6.60. The lowest BCUT2D eigenvalue weighted by molar-refractivity contribution is -0.136. The van der Waals surface area contributed by atoms with Crippen LogP contribution < -0.4 is 0 Å². The van der Waals surface area contributed by atoms with Crippen molar-refractivity contribution in [3.05, 3.63) is 24.3 Å². The molecule has 0 radical (unpaired) electrons. The molecule has 27 heavy (non-hydrogen) atoms. The zero-order valence-corrected chi connectivity index (χ0v) is 16.7. The van der Waals surface area contributed by atoms with E-state index in [0.29, 0.717) is 17.4 Å². The first-order valence-electron chi connectivity index (χ1n) is 8.51. The van der Waals surface area contributed by atoms with Crippen LogP contribution in [0.3, 0.4) is 0 Å². The average molecular weight is 428 g/mol. The Bertz CT molecular complexity index is 845. The van der Waals surface area contributed by atoms with Crippen LogP contribution in [0.2, 0.25) is 0 Å². The van der Waals surface area contributed by atoms with Gasteiger partial charge in [0, 0.05) is 19.6 Å². The number of hydrogen-bond acceptors (Lipinski definition) is 4. The predicted molar refractivity (Wildman–Crippen MR) is 94.1 cm³/mol. The fourth-order valence-corrected chi connectivity index (χ4v) is 5.97. The third kappa shape index (κ3) is 5.43. The molecule has 1 aliphatic rings. The van der Waals surface area contributed by atoms with Crippen LogP contribution in [0.25, 0.3) is 0 Å². The summed E-state index contributed by atoms with van der Waals surface area (Å²) in [7, 11) is -8.13. The van der Waals surface area contributed by atoms with E-state index in [1.807, 2.05) is 0 Å². The average Bonchev–Trinajstić information content (AvgIpc) is 3.08. The maximum atomic E-state index is 12.8. The summed E-state index contributed by atoms with van der Waals surface area (Å²) >= 11 is 0. The molecule has 0 unspecified atom stereocenters. The van der Waals surface area contributed by atoms with Crippen molar-refractivity contribution in [2.24, 2.45) is 5.92 Å². The zero-order valence-electron chi connectivity index (χ0n) is 15.1. The van der Waals surface area contributed by atoms with E-state index < -0.39 is 32.8 Å². The van der Waals surface area contributed by atoms with Crippen molar-refractivity contribution in [3.63, 3.8) is 0 Å². The van der Waals surface area contributed by atoms with Gasteiger partial charge >= 0.3 is 6.18 Å². The molecular formula is C16H23F3N2O4S2. The zero-order chi connectivity index (χ0) is 20.5. The molecule has 154 valence electrons. The second kappa shape index (κ2) is 8.06. The molecule has 0 aromatic heterocycles. The minimum atomic E-state index is -4.68. The molecule has 1 heterocycles. The molecule has 0 aliphatic carbocycles. The van der Waals surface area contributed by atoms with E-state index in [2.05, 4.69) is 0 Å². The maximum Gasteiger partial charge on any atom is 0.402 e. The summed E-state index contributed by atoms with van der Waals surface area (Å²) in [6.45, 7) is 2.14. The van der Waals surface area contributed by atoms with Crippen LogP contribution in [0.4, 0.5) is 13.2 Å². The van der Waals surface area contributed by atoms with Gasteiger partial charge in [-0.25, -0.2) is 16.8 Å². The quantitative estimate of drug-likeness (QED) is 0.669. The van der Waals surface area contributed by atoms with Crippen molar-refractivity contribution >= 4 is 20.0 Å². The lowest BCUT2D eigenvalue weighted by Gasteiger charge is -2.25. The molecule has 0 saturated carbocycles. The molecule has 1 aromatic carbocycles. The van der Waals surface area contributed by atoms with Gasteiger partial charge in [-0.15, -0.1) is 0 Å². The molecule has 0 atom stereocenters. The molecule has 1 aliphatic heterocycles. The number of sulfonamides is 2. The van der Waals surface area contributed by atoms with Crippen LogP contribution in [-0.4, -0.2) is 57.8 Å². The summed E-state index contributed by atoms with van der Waals surface area (Å²) in [4.78, 5) is -0.442. The number of benzene rings is 1. The Hall–Kier alpha value is -1.17. The molecule has 6 nitrogen and oxygen atoms in total. The van der Waals surface area contributed by atoms with Gasteiger partial charge in [0.2, 0.25) is 20.0 Å². The lowest BCUT2D eigenvalue weighted by atomic mass is 10.2. The Morgan fingerprint density at radius 2 is 1.48 bits per heavy atom. The molecular weight excluding hydrogens is 405 g/mol. The Morgan fingerprint density at radius 3 is 1.93 bits per heavy atom. The van der Waals surface area contributed by atoms with E-state index >= 15 is 0 Å². The Balaban J connectivity index is 2.32. The first-order chi connectivity index (χ1) is 12.3. The Morgan fingerprint density at radius 1 is 1.00 bits per heavy atom. The molecule has 0 amide bonds. The molecule has 2 rings (SSSR count). The van der Waals surface area contributed by atoms with Gasteiger partial charge in [0.25, 0.3) is 0 Å². The molecule has 11 heteroatoms. The second-order valence-electron chi connectivity index (χ2n) is 6.89. The molecule has 1 saturated heterocycles. The smallest absolute Gasteiger partial charge is 0.207 e. The lowest BCUT2D eigenvalue weighted by Crippen LogP contribution is -2.41. The minimum absolute atomic E-state index is 0.0745. The molecule has 0 N–H and O–H groups in total. The molecule has 0 bridgehead atoms. The van der Waals surface area contributed by atoms with Crippen LogP contribution in [0.5, 0.6) is 0 Å². The van der Waals surface area contributed by atoms with Gasteiger partial charge < -0.3 is 0 Å². The molecule has 0 spiro atoms. The molecule has 1 aromatic rings. The summed E-state index contributed by atoms with van der Waals surface area (Å²) in [6.07, 6.45) is -3.17. The largest absolute Gasteiger partial charge is 0.402 e. The van der Waals surface area contributed by atoms with Crippen molar-refractivity contribution in [3.8, 4) is 0 Å². The first kappa shape index (κ1) is 22.1. The van der Waals surface area contributed by atoms with Crippen molar-refractivity contribution in [1.29, 1.82) is 0 Å². The third-order valence-corrected chi connectivity index (χ3v) is 7.83. The van der Waals surface area contributed by atoms with Crippen molar-refractivity contribution in [2.75, 3.05) is 26.2 Å². The summed E-state index contributed by atoms with van der Waals surface area (Å²) < 4.78 is 90.3. The SMILES string of the molecule is CC(C)CN(CC(F)(F)F)S(=O)(=O)c1ccc(S(=O)(=O)N2CCCC2)cc1. The van der Waals surface area contributed by atoms with E-state index in [1.165, 1.54) is 4.31 Å². The fourth-order valence-electron chi connectivity index (χ4n) is 2.87. The maximum absolute atomic E-state index is 12.8. The van der Waals surface area contributed by atoms with E-state index in [-0.39, 0.29) is 22.3 Å². The van der Waals surface area contributed by atoms with E-state index in [1.54, 1.807) is 13.8 Å². The second-order valence-corrected chi connectivity index (χ2v) is 10.8. The van der Waals surface area contributed by atoms with Crippen molar-refractivity contribution < 1.29 is 30.0 Å². The standard InChI is InChI=1S/C16H23F3N2O4S2/c1-13(2)11-21(12-16(17,18)19)27(24,25)15-7-5-14(6-8-15)26(22,23)20-9-3-4-10-20/h5-8,13H,3-4,9-12H2,1-2H3. The van der Waals surface area contributed by atoms with Gasteiger partial charge in [0.1, 0.15) is 6.54 Å². The van der Waals surface area contributed by atoms with Crippen molar-refractivity contribution in [1.82, 2.24) is 8.61 Å². The highest BCUT2D eigenvalue weighted by molar-refractivity contribution is 7.89. The number of hydrogen-bond donors (Lipinski definition) is 0. The van der Waals surface area contributed by atoms with Crippen molar-refractivity contribution in [2.45, 2.75) is 42.7 Å². The number of alkyl halides is 3.